The van der Waals surface area contributed by atoms with E-state index in [1.165, 1.54) is 26.4 Å². The second-order valence-electron chi connectivity index (χ2n) is 7.90. The Bertz CT molecular complexity index is 1280. The van der Waals surface area contributed by atoms with E-state index in [2.05, 4.69) is 5.32 Å². The summed E-state index contributed by atoms with van der Waals surface area (Å²) in [6, 6.07) is 18.0. The van der Waals surface area contributed by atoms with Crippen LogP contribution in [-0.4, -0.2) is 42.2 Å². The maximum absolute atomic E-state index is 13.6. The van der Waals surface area contributed by atoms with Gasteiger partial charge in [0.2, 0.25) is 5.91 Å². The number of nitrogens with zero attached hydrogens (tertiary/aromatic N) is 1. The van der Waals surface area contributed by atoms with Crippen LogP contribution in [0.2, 0.25) is 0 Å². The number of benzene rings is 3. The minimum Gasteiger partial charge on any atom is -0.497 e. The summed E-state index contributed by atoms with van der Waals surface area (Å²) in [7, 11) is 0.474. The molecule has 0 unspecified atom stereocenters. The first-order valence-electron chi connectivity index (χ1n) is 10.9. The molecule has 0 aliphatic rings. The van der Waals surface area contributed by atoms with Crippen molar-refractivity contribution in [2.24, 2.45) is 0 Å². The Morgan fingerprint density at radius 2 is 1.57 bits per heavy atom. The minimum atomic E-state index is -4.07. The van der Waals surface area contributed by atoms with Gasteiger partial charge in [0.05, 0.1) is 38.0 Å². The predicted octanol–water partition coefficient (Wildman–Crippen LogP) is 4.09. The van der Waals surface area contributed by atoms with Crippen LogP contribution in [0.15, 0.2) is 71.6 Å². The lowest BCUT2D eigenvalue weighted by atomic mass is 10.1. The van der Waals surface area contributed by atoms with Gasteiger partial charge in [-0.2, -0.15) is 0 Å². The SMILES string of the molecule is COc1ccc(OC)c([C@H](C)NC(=O)CN(c2cc(C)ccc2OC)S(=O)(=O)c2ccccc2)c1. The summed E-state index contributed by atoms with van der Waals surface area (Å²) >= 11 is 0. The molecule has 0 spiro atoms. The van der Waals surface area contributed by atoms with Crippen LogP contribution in [0, 0.1) is 6.92 Å². The molecule has 0 aliphatic heterocycles. The molecule has 1 N–H and O–H groups in total. The fraction of sp³-hybridized carbons (Fsp3) is 0.269. The lowest BCUT2D eigenvalue weighted by Gasteiger charge is -2.27. The number of hydrogen-bond donors (Lipinski definition) is 1. The number of anilines is 1. The van der Waals surface area contributed by atoms with Crippen LogP contribution in [0.1, 0.15) is 24.1 Å². The quantitative estimate of drug-likeness (QED) is 0.452. The molecule has 3 aromatic carbocycles. The molecule has 0 bridgehead atoms. The lowest BCUT2D eigenvalue weighted by molar-refractivity contribution is -0.120. The van der Waals surface area contributed by atoms with Crippen molar-refractivity contribution >= 4 is 21.6 Å². The highest BCUT2D eigenvalue weighted by Crippen LogP contribution is 2.34. The van der Waals surface area contributed by atoms with Crippen molar-refractivity contribution in [2.75, 3.05) is 32.2 Å². The third-order valence-electron chi connectivity index (χ3n) is 5.50. The molecule has 0 aromatic heterocycles. The maximum atomic E-state index is 13.6. The third-order valence-corrected chi connectivity index (χ3v) is 7.28. The Kier molecular flexibility index (Phi) is 8.24. The van der Waals surface area contributed by atoms with Gasteiger partial charge in [-0.25, -0.2) is 8.42 Å². The van der Waals surface area contributed by atoms with Crippen molar-refractivity contribution in [3.05, 3.63) is 77.9 Å². The maximum Gasteiger partial charge on any atom is 0.264 e. The summed E-state index contributed by atoms with van der Waals surface area (Å²) in [5.74, 6) is 1.03. The zero-order valence-electron chi connectivity index (χ0n) is 20.4. The van der Waals surface area contributed by atoms with Gasteiger partial charge in [0, 0.05) is 5.56 Å². The fourth-order valence-electron chi connectivity index (χ4n) is 3.69. The summed E-state index contributed by atoms with van der Waals surface area (Å²) in [6.45, 7) is 3.18. The van der Waals surface area contributed by atoms with Crippen molar-refractivity contribution in [3.8, 4) is 17.2 Å². The Labute approximate surface area is 206 Å². The number of methoxy groups -OCH3 is 3. The van der Waals surface area contributed by atoms with Gasteiger partial charge in [0.15, 0.2) is 0 Å². The smallest absolute Gasteiger partial charge is 0.264 e. The number of ether oxygens (including phenoxy) is 3. The van der Waals surface area contributed by atoms with E-state index in [1.807, 2.05) is 13.0 Å². The number of carbonyl (C=O) groups excluding carboxylic acids is 1. The number of rotatable bonds is 10. The number of sulfonamides is 1. The van der Waals surface area contributed by atoms with Crippen molar-refractivity contribution in [1.29, 1.82) is 0 Å². The van der Waals surface area contributed by atoms with Gasteiger partial charge in [0.25, 0.3) is 10.0 Å². The molecule has 1 atom stereocenters. The molecule has 1 amide bonds. The van der Waals surface area contributed by atoms with Crippen LogP contribution >= 0.6 is 0 Å². The largest absolute Gasteiger partial charge is 0.497 e. The van der Waals surface area contributed by atoms with Gasteiger partial charge in [-0.1, -0.05) is 24.3 Å². The molecule has 9 heteroatoms. The lowest BCUT2D eigenvalue weighted by Crippen LogP contribution is -2.41. The van der Waals surface area contributed by atoms with Gasteiger partial charge >= 0.3 is 0 Å². The number of carbonyl (C=O) groups is 1. The highest BCUT2D eigenvalue weighted by atomic mass is 32.2. The number of aryl methyl sites for hydroxylation is 1. The molecule has 0 heterocycles. The molecular weight excluding hydrogens is 468 g/mol. The molecule has 8 nitrogen and oxygen atoms in total. The minimum absolute atomic E-state index is 0.0684. The highest BCUT2D eigenvalue weighted by molar-refractivity contribution is 7.92. The first-order valence-corrected chi connectivity index (χ1v) is 12.4. The molecule has 0 radical (unpaired) electrons. The zero-order chi connectivity index (χ0) is 25.6. The molecule has 35 heavy (non-hydrogen) atoms. The Balaban J connectivity index is 1.97. The molecule has 186 valence electrons. The first kappa shape index (κ1) is 25.9. The van der Waals surface area contributed by atoms with Crippen LogP contribution in [0.4, 0.5) is 5.69 Å². The average molecular weight is 499 g/mol. The summed E-state index contributed by atoms with van der Waals surface area (Å²) in [5.41, 5.74) is 1.80. The highest BCUT2D eigenvalue weighted by Gasteiger charge is 2.30. The van der Waals surface area contributed by atoms with E-state index in [4.69, 9.17) is 14.2 Å². The van der Waals surface area contributed by atoms with E-state index in [-0.39, 0.29) is 10.6 Å². The molecule has 0 saturated heterocycles. The van der Waals surface area contributed by atoms with Crippen molar-refractivity contribution in [2.45, 2.75) is 24.8 Å². The van der Waals surface area contributed by atoms with E-state index in [1.54, 1.807) is 62.6 Å². The summed E-state index contributed by atoms with van der Waals surface area (Å²) in [4.78, 5) is 13.3. The average Bonchev–Trinajstić information content (AvgIpc) is 2.87. The van der Waals surface area contributed by atoms with Gasteiger partial charge in [-0.3, -0.25) is 9.10 Å². The second-order valence-corrected chi connectivity index (χ2v) is 9.76. The summed E-state index contributed by atoms with van der Waals surface area (Å²) < 4.78 is 44.5. The molecule has 0 saturated carbocycles. The standard InChI is InChI=1S/C26H30N2O6S/c1-18-11-13-25(34-5)23(15-18)28(35(30,31)21-9-7-6-8-10-21)17-26(29)27-19(2)22-16-20(32-3)12-14-24(22)33-4/h6-16,19H,17H2,1-5H3,(H,27,29)/t19-/m0/s1. The fourth-order valence-corrected chi connectivity index (χ4v) is 5.13. The van der Waals surface area contributed by atoms with E-state index < -0.39 is 28.5 Å². The molecule has 0 aliphatic carbocycles. The van der Waals surface area contributed by atoms with Crippen molar-refractivity contribution in [3.63, 3.8) is 0 Å². The van der Waals surface area contributed by atoms with Crippen LogP contribution in [-0.2, 0) is 14.8 Å². The van der Waals surface area contributed by atoms with Gasteiger partial charge in [-0.15, -0.1) is 0 Å². The molecule has 0 fully saturated rings. The van der Waals surface area contributed by atoms with Crippen molar-refractivity contribution in [1.82, 2.24) is 5.32 Å². The van der Waals surface area contributed by atoms with Gasteiger partial charge in [-0.05, 0) is 61.9 Å². The molecule has 3 rings (SSSR count). The van der Waals surface area contributed by atoms with Gasteiger partial charge in [0.1, 0.15) is 23.8 Å². The number of hydrogen-bond acceptors (Lipinski definition) is 6. The van der Waals surface area contributed by atoms with E-state index in [9.17, 15) is 13.2 Å². The number of nitrogens with one attached hydrogen (secondary N) is 1. The first-order chi connectivity index (χ1) is 16.7. The Morgan fingerprint density at radius 3 is 2.20 bits per heavy atom. The van der Waals surface area contributed by atoms with Crippen LogP contribution in [0.5, 0.6) is 17.2 Å². The topological polar surface area (TPSA) is 94.2 Å². The Morgan fingerprint density at radius 1 is 0.914 bits per heavy atom. The van der Waals surface area contributed by atoms with Gasteiger partial charge < -0.3 is 19.5 Å². The van der Waals surface area contributed by atoms with Crippen LogP contribution in [0.25, 0.3) is 0 Å². The zero-order valence-corrected chi connectivity index (χ0v) is 21.3. The van der Waals surface area contributed by atoms with Crippen LogP contribution < -0.4 is 23.8 Å². The van der Waals surface area contributed by atoms with Crippen molar-refractivity contribution < 1.29 is 27.4 Å². The monoisotopic (exact) mass is 498 g/mol. The molecular formula is C26H30N2O6S. The molecule has 3 aromatic rings. The summed E-state index contributed by atoms with van der Waals surface area (Å²) in [6.07, 6.45) is 0. The van der Waals surface area contributed by atoms with Crippen LogP contribution in [0.3, 0.4) is 0 Å². The van der Waals surface area contributed by atoms with E-state index >= 15 is 0 Å². The second kappa shape index (κ2) is 11.1. The third kappa shape index (κ3) is 5.86. The van der Waals surface area contributed by atoms with E-state index in [0.717, 1.165) is 9.87 Å². The number of amides is 1. The normalized spacial score (nSPS) is 11.9. The van der Waals surface area contributed by atoms with E-state index in [0.29, 0.717) is 22.8 Å². The Hall–Kier alpha value is -3.72. The predicted molar refractivity (Wildman–Crippen MR) is 135 cm³/mol. The summed E-state index contributed by atoms with van der Waals surface area (Å²) in [5, 5.41) is 2.88.